The minimum Gasteiger partial charge on any atom is -0.481 e. The maximum atomic E-state index is 13.5. The lowest BCUT2D eigenvalue weighted by atomic mass is 9.97. The number of benzene rings is 1. The molecule has 2 rings (SSSR count). The third-order valence-electron chi connectivity index (χ3n) is 4.05. The number of carbonyl (C=O) groups is 1. The number of hydrogen-bond donors (Lipinski definition) is 1. The zero-order valence-corrected chi connectivity index (χ0v) is 11.9. The van der Waals surface area contributed by atoms with Crippen LogP contribution in [0.5, 0.6) is 0 Å². The van der Waals surface area contributed by atoms with E-state index in [0.29, 0.717) is 0 Å². The van der Waals surface area contributed by atoms with Crippen molar-refractivity contribution >= 4 is 5.97 Å². The molecule has 1 unspecified atom stereocenters. The van der Waals surface area contributed by atoms with E-state index in [1.807, 2.05) is 6.92 Å². The molecule has 0 bridgehead atoms. The summed E-state index contributed by atoms with van der Waals surface area (Å²) in [5.41, 5.74) is 1.77. The summed E-state index contributed by atoms with van der Waals surface area (Å²) in [4.78, 5) is 13.4. The Morgan fingerprint density at radius 2 is 1.95 bits per heavy atom. The lowest BCUT2D eigenvalue weighted by Gasteiger charge is -2.31. The summed E-state index contributed by atoms with van der Waals surface area (Å²) in [5.74, 6) is -1.13. The number of halogens is 1. The van der Waals surface area contributed by atoms with E-state index in [-0.39, 0.29) is 18.3 Å². The van der Waals surface area contributed by atoms with Gasteiger partial charge in [-0.3, -0.25) is 9.69 Å². The van der Waals surface area contributed by atoms with Gasteiger partial charge in [-0.25, -0.2) is 4.39 Å². The molecule has 3 nitrogen and oxygen atoms in total. The molecule has 0 spiro atoms. The van der Waals surface area contributed by atoms with Crippen LogP contribution < -0.4 is 0 Å². The first kappa shape index (κ1) is 15.0. The molecule has 1 saturated heterocycles. The van der Waals surface area contributed by atoms with E-state index in [0.717, 1.165) is 37.1 Å². The van der Waals surface area contributed by atoms with Crippen molar-refractivity contribution < 1.29 is 14.3 Å². The molecule has 20 heavy (non-hydrogen) atoms. The van der Waals surface area contributed by atoms with Crippen LogP contribution in [0, 0.1) is 12.7 Å². The van der Waals surface area contributed by atoms with Crippen LogP contribution in [0.25, 0.3) is 0 Å². The van der Waals surface area contributed by atoms with E-state index in [1.54, 1.807) is 6.07 Å². The molecule has 0 aliphatic carbocycles. The van der Waals surface area contributed by atoms with E-state index in [4.69, 9.17) is 0 Å². The molecule has 1 atom stereocenters. The van der Waals surface area contributed by atoms with Crippen molar-refractivity contribution in [1.82, 2.24) is 4.90 Å². The van der Waals surface area contributed by atoms with Gasteiger partial charge >= 0.3 is 5.97 Å². The molecule has 110 valence electrons. The van der Waals surface area contributed by atoms with Crippen molar-refractivity contribution in [2.24, 2.45) is 0 Å². The molecule has 0 aromatic heterocycles. The molecule has 0 saturated carbocycles. The Kier molecular flexibility index (Phi) is 5.12. The lowest BCUT2D eigenvalue weighted by Crippen LogP contribution is -2.32. The summed E-state index contributed by atoms with van der Waals surface area (Å²) in [6.45, 7) is 3.71. The summed E-state index contributed by atoms with van der Waals surface area (Å²) >= 11 is 0. The lowest BCUT2D eigenvalue weighted by molar-refractivity contribution is -0.138. The van der Waals surface area contributed by atoms with Gasteiger partial charge in [0, 0.05) is 6.04 Å². The fourth-order valence-electron chi connectivity index (χ4n) is 2.98. The molecule has 1 aliphatic heterocycles. The predicted molar refractivity (Wildman–Crippen MR) is 76.2 cm³/mol. The van der Waals surface area contributed by atoms with Gasteiger partial charge in [-0.1, -0.05) is 18.9 Å². The Morgan fingerprint density at radius 3 is 2.55 bits per heavy atom. The Bertz CT molecular complexity index is 468. The van der Waals surface area contributed by atoms with Gasteiger partial charge in [-0.15, -0.1) is 0 Å². The molecule has 1 N–H and O–H groups in total. The fraction of sp³-hybridized carbons (Fsp3) is 0.562. The van der Waals surface area contributed by atoms with Crippen molar-refractivity contribution in [2.75, 3.05) is 13.1 Å². The van der Waals surface area contributed by atoms with E-state index >= 15 is 0 Å². The molecule has 1 aromatic carbocycles. The van der Waals surface area contributed by atoms with Gasteiger partial charge in [0.25, 0.3) is 0 Å². The summed E-state index contributed by atoms with van der Waals surface area (Å²) < 4.78 is 13.5. The number of aliphatic carboxylic acids is 1. The van der Waals surface area contributed by atoms with Crippen LogP contribution in [0.15, 0.2) is 18.2 Å². The highest BCUT2D eigenvalue weighted by Crippen LogP contribution is 2.30. The summed E-state index contributed by atoms with van der Waals surface area (Å²) in [6.07, 6.45) is 4.59. The zero-order valence-electron chi connectivity index (χ0n) is 11.9. The number of likely N-dealkylation sites (tertiary alicyclic amines) is 1. The third-order valence-corrected chi connectivity index (χ3v) is 4.05. The molecule has 1 heterocycles. The van der Waals surface area contributed by atoms with Crippen molar-refractivity contribution in [2.45, 2.75) is 45.1 Å². The molecule has 1 fully saturated rings. The quantitative estimate of drug-likeness (QED) is 0.916. The average Bonchev–Trinajstić information content (AvgIpc) is 2.67. The van der Waals surface area contributed by atoms with E-state index < -0.39 is 5.97 Å². The molecule has 0 amide bonds. The van der Waals surface area contributed by atoms with Gasteiger partial charge in [0.2, 0.25) is 0 Å². The van der Waals surface area contributed by atoms with Crippen molar-refractivity contribution in [3.63, 3.8) is 0 Å². The van der Waals surface area contributed by atoms with Crippen LogP contribution in [-0.4, -0.2) is 29.1 Å². The molecule has 1 aliphatic rings. The standard InChI is InChI=1S/C16H22FNO2/c1-12-6-7-13(17)10-14(12)15(11-16(19)20)18-8-4-2-3-5-9-18/h6-7,10,15H,2-5,8-9,11H2,1H3,(H,19,20). The number of carboxylic acid groups (broad SMARTS) is 1. The van der Waals surface area contributed by atoms with Crippen LogP contribution in [0.4, 0.5) is 4.39 Å². The molecular formula is C16H22FNO2. The van der Waals surface area contributed by atoms with Crippen molar-refractivity contribution in [1.29, 1.82) is 0 Å². The maximum absolute atomic E-state index is 13.5. The van der Waals surface area contributed by atoms with E-state index in [9.17, 15) is 14.3 Å². The van der Waals surface area contributed by atoms with Crippen LogP contribution >= 0.6 is 0 Å². The van der Waals surface area contributed by atoms with Crippen LogP contribution in [0.3, 0.4) is 0 Å². The highest BCUT2D eigenvalue weighted by molar-refractivity contribution is 5.68. The zero-order chi connectivity index (χ0) is 14.5. The Morgan fingerprint density at radius 1 is 1.30 bits per heavy atom. The van der Waals surface area contributed by atoms with Gasteiger partial charge in [-0.05, 0) is 56.1 Å². The van der Waals surface area contributed by atoms with Gasteiger partial charge < -0.3 is 5.11 Å². The first-order valence-electron chi connectivity index (χ1n) is 7.30. The molecular weight excluding hydrogens is 257 g/mol. The Labute approximate surface area is 119 Å². The van der Waals surface area contributed by atoms with E-state index in [2.05, 4.69) is 4.90 Å². The third kappa shape index (κ3) is 3.79. The largest absolute Gasteiger partial charge is 0.481 e. The predicted octanol–water partition coefficient (Wildman–Crippen LogP) is 3.53. The second-order valence-corrected chi connectivity index (χ2v) is 5.56. The molecule has 1 aromatic rings. The van der Waals surface area contributed by atoms with Gasteiger partial charge in [0.05, 0.1) is 6.42 Å². The normalized spacial score (nSPS) is 18.5. The monoisotopic (exact) mass is 279 g/mol. The van der Waals surface area contributed by atoms with Crippen molar-refractivity contribution in [3.8, 4) is 0 Å². The Balaban J connectivity index is 2.30. The van der Waals surface area contributed by atoms with Crippen LogP contribution in [0.1, 0.15) is 49.3 Å². The van der Waals surface area contributed by atoms with Gasteiger partial charge in [0.1, 0.15) is 5.82 Å². The highest BCUT2D eigenvalue weighted by atomic mass is 19.1. The highest BCUT2D eigenvalue weighted by Gasteiger charge is 2.25. The minimum absolute atomic E-state index is 0.0320. The minimum atomic E-state index is -0.831. The smallest absolute Gasteiger partial charge is 0.305 e. The van der Waals surface area contributed by atoms with Gasteiger partial charge in [0.15, 0.2) is 0 Å². The number of carboxylic acids is 1. The molecule has 4 heteroatoms. The maximum Gasteiger partial charge on any atom is 0.305 e. The van der Waals surface area contributed by atoms with E-state index in [1.165, 1.54) is 25.0 Å². The number of nitrogens with zero attached hydrogens (tertiary/aromatic N) is 1. The fourth-order valence-corrected chi connectivity index (χ4v) is 2.98. The van der Waals surface area contributed by atoms with Crippen molar-refractivity contribution in [3.05, 3.63) is 35.1 Å². The van der Waals surface area contributed by atoms with Crippen LogP contribution in [0.2, 0.25) is 0 Å². The second kappa shape index (κ2) is 6.84. The summed E-state index contributed by atoms with van der Waals surface area (Å²) in [7, 11) is 0. The van der Waals surface area contributed by atoms with Crippen LogP contribution in [-0.2, 0) is 4.79 Å². The first-order chi connectivity index (χ1) is 9.58. The Hall–Kier alpha value is -1.42. The van der Waals surface area contributed by atoms with Gasteiger partial charge in [-0.2, -0.15) is 0 Å². The number of hydrogen-bond acceptors (Lipinski definition) is 2. The SMILES string of the molecule is Cc1ccc(F)cc1C(CC(=O)O)N1CCCCCC1. The molecule has 0 radical (unpaired) electrons. The average molecular weight is 279 g/mol. The topological polar surface area (TPSA) is 40.5 Å². The first-order valence-corrected chi connectivity index (χ1v) is 7.30. The summed E-state index contributed by atoms with van der Waals surface area (Å²) in [5, 5.41) is 9.19. The summed E-state index contributed by atoms with van der Waals surface area (Å²) in [6, 6.07) is 4.44. The number of aryl methyl sites for hydroxylation is 1. The second-order valence-electron chi connectivity index (χ2n) is 5.56. The number of rotatable bonds is 4.